The number of halogens is 3. The lowest BCUT2D eigenvalue weighted by Crippen LogP contribution is -2.37. The van der Waals surface area contributed by atoms with Gasteiger partial charge in [-0.25, -0.2) is 0 Å². The zero-order valence-corrected chi connectivity index (χ0v) is 15.5. The molecule has 2 aromatic carbocycles. The van der Waals surface area contributed by atoms with Gasteiger partial charge in [0.25, 0.3) is 0 Å². The molecule has 0 radical (unpaired) electrons. The zero-order valence-electron chi connectivity index (χ0n) is 15.5. The molecule has 0 fully saturated rings. The first kappa shape index (κ1) is 21.1. The van der Waals surface area contributed by atoms with Crippen LogP contribution in [0.15, 0.2) is 42.5 Å². The molecule has 0 aromatic heterocycles. The van der Waals surface area contributed by atoms with Crippen LogP contribution in [0.5, 0.6) is 11.5 Å². The highest BCUT2D eigenvalue weighted by molar-refractivity contribution is 6.02. The monoisotopic (exact) mass is 396 g/mol. The van der Waals surface area contributed by atoms with Crippen molar-refractivity contribution in [1.82, 2.24) is 0 Å². The fourth-order valence-electron chi connectivity index (χ4n) is 2.55. The van der Waals surface area contributed by atoms with Gasteiger partial charge < -0.3 is 19.7 Å². The van der Waals surface area contributed by atoms with Crippen LogP contribution in [0.1, 0.15) is 12.5 Å². The minimum absolute atomic E-state index is 0.337. The van der Waals surface area contributed by atoms with Gasteiger partial charge in [-0.05, 0) is 24.3 Å². The summed E-state index contributed by atoms with van der Waals surface area (Å²) in [4.78, 5) is 25.5. The van der Waals surface area contributed by atoms with Crippen LogP contribution in [-0.4, -0.2) is 32.6 Å². The Morgan fingerprint density at radius 3 is 2.25 bits per heavy atom. The number of hydrogen-bond donors (Lipinski definition) is 1. The topological polar surface area (TPSA) is 67.9 Å². The third-order valence-corrected chi connectivity index (χ3v) is 3.87. The number of nitrogens with zero attached hydrogens (tertiary/aromatic N) is 1. The van der Waals surface area contributed by atoms with Crippen molar-refractivity contribution in [1.29, 1.82) is 0 Å². The molecule has 2 amide bonds. The molecule has 2 aromatic rings. The number of hydrogen-bond acceptors (Lipinski definition) is 4. The van der Waals surface area contributed by atoms with E-state index >= 15 is 0 Å². The van der Waals surface area contributed by atoms with E-state index in [2.05, 4.69) is 5.32 Å². The Hall–Kier alpha value is -3.23. The number of ether oxygens (including phenoxy) is 2. The summed E-state index contributed by atoms with van der Waals surface area (Å²) in [5.74, 6) is -0.472. The summed E-state index contributed by atoms with van der Waals surface area (Å²) < 4.78 is 49.5. The first-order valence-electron chi connectivity index (χ1n) is 8.13. The van der Waals surface area contributed by atoms with E-state index in [-0.39, 0.29) is 5.69 Å². The van der Waals surface area contributed by atoms with E-state index in [1.807, 2.05) is 0 Å². The first-order chi connectivity index (χ1) is 13.2. The number of methoxy groups -OCH3 is 2. The molecular weight excluding hydrogens is 377 g/mol. The molecule has 0 unspecified atom stereocenters. The minimum atomic E-state index is -4.62. The molecule has 9 heteroatoms. The van der Waals surface area contributed by atoms with Gasteiger partial charge in [-0.1, -0.05) is 12.1 Å². The van der Waals surface area contributed by atoms with Gasteiger partial charge in [0.05, 0.1) is 25.5 Å². The summed E-state index contributed by atoms with van der Waals surface area (Å²) in [5, 5.41) is 2.21. The molecule has 150 valence electrons. The van der Waals surface area contributed by atoms with Crippen molar-refractivity contribution in [3.05, 3.63) is 48.0 Å². The predicted molar refractivity (Wildman–Crippen MR) is 97.6 cm³/mol. The lowest BCUT2D eigenvalue weighted by molar-refractivity contribution is -0.137. The van der Waals surface area contributed by atoms with E-state index in [9.17, 15) is 22.8 Å². The SMILES string of the molecule is COc1ccc(N(CC(=O)Nc2ccccc2C(F)(F)F)C(C)=O)cc1OC. The molecule has 0 heterocycles. The van der Waals surface area contributed by atoms with E-state index < -0.39 is 30.1 Å². The number of carbonyl (C=O) groups excluding carboxylic acids is 2. The van der Waals surface area contributed by atoms with E-state index in [4.69, 9.17) is 9.47 Å². The fourth-order valence-corrected chi connectivity index (χ4v) is 2.55. The molecule has 1 N–H and O–H groups in total. The van der Waals surface area contributed by atoms with Crippen molar-refractivity contribution in [2.24, 2.45) is 0 Å². The molecule has 0 aliphatic heterocycles. The number of para-hydroxylation sites is 1. The molecule has 0 atom stereocenters. The van der Waals surface area contributed by atoms with Crippen molar-refractivity contribution in [2.45, 2.75) is 13.1 Å². The summed E-state index contributed by atoms with van der Waals surface area (Å²) in [5.41, 5.74) is -1.01. The highest BCUT2D eigenvalue weighted by atomic mass is 19.4. The van der Waals surface area contributed by atoms with Gasteiger partial charge >= 0.3 is 6.18 Å². The molecule has 0 saturated carbocycles. The second kappa shape index (κ2) is 8.64. The Morgan fingerprint density at radius 1 is 1.04 bits per heavy atom. The van der Waals surface area contributed by atoms with E-state index in [1.54, 1.807) is 12.1 Å². The average Bonchev–Trinajstić information content (AvgIpc) is 2.65. The molecule has 28 heavy (non-hydrogen) atoms. The lowest BCUT2D eigenvalue weighted by atomic mass is 10.1. The summed E-state index contributed by atoms with van der Waals surface area (Å²) in [7, 11) is 2.87. The van der Waals surface area contributed by atoms with Crippen LogP contribution in [0.25, 0.3) is 0 Å². The second-order valence-corrected chi connectivity index (χ2v) is 5.74. The number of alkyl halides is 3. The van der Waals surface area contributed by atoms with Crippen molar-refractivity contribution in [3.8, 4) is 11.5 Å². The number of benzene rings is 2. The zero-order chi connectivity index (χ0) is 20.9. The number of amides is 2. The Balaban J connectivity index is 2.24. The number of anilines is 2. The highest BCUT2D eigenvalue weighted by Crippen LogP contribution is 2.35. The third-order valence-electron chi connectivity index (χ3n) is 3.87. The Kier molecular flexibility index (Phi) is 6.50. The van der Waals surface area contributed by atoms with Crippen LogP contribution in [0.2, 0.25) is 0 Å². The molecule has 0 saturated heterocycles. The standard InChI is InChI=1S/C19H19F3N2O4/c1-12(25)24(13-8-9-16(27-2)17(10-13)28-3)11-18(26)23-15-7-5-4-6-14(15)19(20,21)22/h4-10H,11H2,1-3H3,(H,23,26). The molecule has 6 nitrogen and oxygen atoms in total. The smallest absolute Gasteiger partial charge is 0.418 e. The molecule has 0 aliphatic rings. The maximum atomic E-state index is 13.1. The van der Waals surface area contributed by atoms with Gasteiger partial charge in [0.15, 0.2) is 11.5 Å². The van der Waals surface area contributed by atoms with Gasteiger partial charge in [-0.2, -0.15) is 13.2 Å². The van der Waals surface area contributed by atoms with Crippen LogP contribution in [0, 0.1) is 0 Å². The maximum absolute atomic E-state index is 13.1. The first-order valence-corrected chi connectivity index (χ1v) is 8.13. The van der Waals surface area contributed by atoms with Crippen LogP contribution in [-0.2, 0) is 15.8 Å². The summed E-state index contributed by atoms with van der Waals surface area (Å²) in [6.45, 7) is 0.769. The molecule has 0 aliphatic carbocycles. The average molecular weight is 396 g/mol. The van der Waals surface area contributed by atoms with E-state index in [1.165, 1.54) is 39.3 Å². The summed E-state index contributed by atoms with van der Waals surface area (Å²) >= 11 is 0. The van der Waals surface area contributed by atoms with Crippen LogP contribution >= 0.6 is 0 Å². The molecule has 0 bridgehead atoms. The second-order valence-electron chi connectivity index (χ2n) is 5.74. The van der Waals surface area contributed by atoms with Gasteiger partial charge in [0.1, 0.15) is 6.54 Å². The highest BCUT2D eigenvalue weighted by Gasteiger charge is 2.33. The van der Waals surface area contributed by atoms with Gasteiger partial charge in [0, 0.05) is 18.7 Å². The van der Waals surface area contributed by atoms with Crippen molar-refractivity contribution in [3.63, 3.8) is 0 Å². The van der Waals surface area contributed by atoms with Crippen LogP contribution < -0.4 is 19.7 Å². The quantitative estimate of drug-likeness (QED) is 0.808. The van der Waals surface area contributed by atoms with Crippen molar-refractivity contribution in [2.75, 3.05) is 31.0 Å². The van der Waals surface area contributed by atoms with E-state index in [0.29, 0.717) is 17.2 Å². The van der Waals surface area contributed by atoms with Crippen LogP contribution in [0.3, 0.4) is 0 Å². The van der Waals surface area contributed by atoms with Gasteiger partial charge in [-0.3, -0.25) is 9.59 Å². The normalized spacial score (nSPS) is 10.9. The largest absolute Gasteiger partial charge is 0.493 e. The van der Waals surface area contributed by atoms with Crippen molar-refractivity contribution >= 4 is 23.2 Å². The maximum Gasteiger partial charge on any atom is 0.418 e. The molecular formula is C19H19F3N2O4. The Labute approximate surface area is 159 Å². The summed E-state index contributed by atoms with van der Waals surface area (Å²) in [6, 6.07) is 9.21. The molecule has 0 spiro atoms. The third kappa shape index (κ3) is 4.93. The predicted octanol–water partition coefficient (Wildman–Crippen LogP) is 3.71. The number of nitrogens with one attached hydrogen (secondary N) is 1. The number of rotatable bonds is 6. The Bertz CT molecular complexity index is 868. The van der Waals surface area contributed by atoms with Crippen molar-refractivity contribution < 1.29 is 32.2 Å². The molecule has 2 rings (SSSR count). The number of carbonyl (C=O) groups is 2. The van der Waals surface area contributed by atoms with Gasteiger partial charge in [0.2, 0.25) is 11.8 Å². The lowest BCUT2D eigenvalue weighted by Gasteiger charge is -2.22. The van der Waals surface area contributed by atoms with Gasteiger partial charge in [-0.15, -0.1) is 0 Å². The fraction of sp³-hybridized carbons (Fsp3) is 0.263. The summed E-state index contributed by atoms with van der Waals surface area (Å²) in [6.07, 6.45) is -4.62. The van der Waals surface area contributed by atoms with Crippen LogP contribution in [0.4, 0.5) is 24.5 Å². The van der Waals surface area contributed by atoms with E-state index in [0.717, 1.165) is 17.0 Å². The minimum Gasteiger partial charge on any atom is -0.493 e. The Morgan fingerprint density at radius 2 is 1.68 bits per heavy atom.